The first-order valence-electron chi connectivity index (χ1n) is 6.92. The van der Waals surface area contributed by atoms with Gasteiger partial charge in [-0.1, -0.05) is 41.9 Å². The Hall–Kier alpha value is -1.36. The summed E-state index contributed by atoms with van der Waals surface area (Å²) < 4.78 is 0. The topological polar surface area (TPSA) is 41.0 Å². The lowest BCUT2D eigenvalue weighted by atomic mass is 10.2. The minimum absolute atomic E-state index is 0.170. The maximum Gasteiger partial charge on any atom is 0.225 e. The minimum Gasteiger partial charge on any atom is -0.366 e. The van der Waals surface area contributed by atoms with E-state index in [4.69, 9.17) is 23.2 Å². The average Bonchev–Trinajstić information content (AvgIpc) is 2.86. The van der Waals surface area contributed by atoms with E-state index in [2.05, 4.69) is 44.5 Å². The molecule has 0 spiro atoms. The van der Waals surface area contributed by atoms with Crippen LogP contribution in [0.1, 0.15) is 12.0 Å². The maximum atomic E-state index is 5.89. The summed E-state index contributed by atoms with van der Waals surface area (Å²) in [6.45, 7) is 3.03. The number of halogens is 2. The molecule has 0 aliphatic carbocycles. The zero-order chi connectivity index (χ0) is 14.7. The van der Waals surface area contributed by atoms with Crippen LogP contribution < -0.4 is 5.32 Å². The summed E-state index contributed by atoms with van der Waals surface area (Å²) in [7, 11) is 0. The molecule has 21 heavy (non-hydrogen) atoms. The molecule has 110 valence electrons. The Morgan fingerprint density at radius 2 is 2.00 bits per heavy atom. The van der Waals surface area contributed by atoms with E-state index in [0.717, 1.165) is 26.1 Å². The van der Waals surface area contributed by atoms with Gasteiger partial charge in [-0.2, -0.15) is 0 Å². The van der Waals surface area contributed by atoms with Gasteiger partial charge in [0.05, 0.1) is 0 Å². The van der Waals surface area contributed by atoms with Crippen LogP contribution in [0.25, 0.3) is 0 Å². The van der Waals surface area contributed by atoms with Crippen LogP contribution >= 0.6 is 23.2 Å². The fourth-order valence-electron chi connectivity index (χ4n) is 2.61. The van der Waals surface area contributed by atoms with Crippen molar-refractivity contribution in [2.75, 3.05) is 18.4 Å². The highest BCUT2D eigenvalue weighted by atomic mass is 35.5. The van der Waals surface area contributed by atoms with Gasteiger partial charge in [0, 0.05) is 31.7 Å². The van der Waals surface area contributed by atoms with Crippen molar-refractivity contribution in [3.05, 3.63) is 52.4 Å². The Morgan fingerprint density at radius 1 is 1.19 bits per heavy atom. The molecule has 1 N–H and O–H groups in total. The van der Waals surface area contributed by atoms with Crippen molar-refractivity contribution in [3.8, 4) is 0 Å². The number of hydrogen-bond donors (Lipinski definition) is 1. The van der Waals surface area contributed by atoms with E-state index in [1.54, 1.807) is 6.07 Å². The molecule has 1 aromatic carbocycles. The van der Waals surface area contributed by atoms with E-state index in [9.17, 15) is 0 Å². The molecule has 0 bridgehead atoms. The first-order valence-corrected chi connectivity index (χ1v) is 7.67. The first-order chi connectivity index (χ1) is 10.2. The summed E-state index contributed by atoms with van der Waals surface area (Å²) in [6.07, 6.45) is 1.08. The molecule has 0 radical (unpaired) electrons. The standard InChI is InChI=1S/C15H16Cl2N4/c16-13-8-14(20-15(17)19-13)18-12-6-7-21(10-12)9-11-4-2-1-3-5-11/h1-5,8,12H,6-7,9-10H2,(H,18,19,20). The van der Waals surface area contributed by atoms with E-state index >= 15 is 0 Å². The first kappa shape index (κ1) is 14.6. The molecule has 1 aliphatic heterocycles. The molecular weight excluding hydrogens is 307 g/mol. The molecule has 1 saturated heterocycles. The summed E-state index contributed by atoms with van der Waals surface area (Å²) in [5, 5.41) is 3.91. The van der Waals surface area contributed by atoms with E-state index in [1.807, 2.05) is 6.07 Å². The molecule has 1 fully saturated rings. The highest BCUT2D eigenvalue weighted by Gasteiger charge is 2.22. The van der Waals surface area contributed by atoms with E-state index < -0.39 is 0 Å². The van der Waals surface area contributed by atoms with E-state index in [1.165, 1.54) is 5.56 Å². The van der Waals surface area contributed by atoms with Gasteiger partial charge >= 0.3 is 0 Å². The molecule has 2 aromatic rings. The van der Waals surface area contributed by atoms with Crippen LogP contribution in [-0.2, 0) is 6.54 Å². The summed E-state index contributed by atoms with van der Waals surface area (Å²) in [4.78, 5) is 10.4. The number of likely N-dealkylation sites (tertiary alicyclic amines) is 1. The smallest absolute Gasteiger partial charge is 0.225 e. The van der Waals surface area contributed by atoms with Crippen molar-refractivity contribution in [2.45, 2.75) is 19.0 Å². The lowest BCUT2D eigenvalue weighted by Gasteiger charge is -2.17. The van der Waals surface area contributed by atoms with Gasteiger partial charge in [-0.05, 0) is 23.6 Å². The molecule has 1 aliphatic rings. The Labute approximate surface area is 134 Å². The highest BCUT2D eigenvalue weighted by Crippen LogP contribution is 2.19. The molecule has 6 heteroatoms. The number of aromatic nitrogens is 2. The Balaban J connectivity index is 1.57. The van der Waals surface area contributed by atoms with Crippen molar-refractivity contribution in [1.82, 2.24) is 14.9 Å². The predicted octanol–water partition coefficient (Wildman–Crippen LogP) is 3.47. The number of anilines is 1. The third-order valence-electron chi connectivity index (χ3n) is 3.54. The second kappa shape index (κ2) is 6.60. The SMILES string of the molecule is Clc1cc(NC2CCN(Cc3ccccc3)C2)nc(Cl)n1. The third-order valence-corrected chi connectivity index (χ3v) is 3.90. The quantitative estimate of drug-likeness (QED) is 0.691. The highest BCUT2D eigenvalue weighted by molar-refractivity contribution is 6.32. The molecule has 1 atom stereocenters. The lowest BCUT2D eigenvalue weighted by Crippen LogP contribution is -2.26. The lowest BCUT2D eigenvalue weighted by molar-refractivity contribution is 0.328. The molecule has 4 nitrogen and oxygen atoms in total. The maximum absolute atomic E-state index is 5.89. The van der Waals surface area contributed by atoms with Gasteiger partial charge in [0.15, 0.2) is 0 Å². The fraction of sp³-hybridized carbons (Fsp3) is 0.333. The monoisotopic (exact) mass is 322 g/mol. The van der Waals surface area contributed by atoms with Gasteiger partial charge in [-0.15, -0.1) is 0 Å². The predicted molar refractivity (Wildman–Crippen MR) is 85.8 cm³/mol. The van der Waals surface area contributed by atoms with E-state index in [0.29, 0.717) is 17.0 Å². The summed E-state index contributed by atoms with van der Waals surface area (Å²) in [6, 6.07) is 12.6. The molecule has 1 unspecified atom stereocenters. The van der Waals surface area contributed by atoms with Crippen LogP contribution in [0.4, 0.5) is 5.82 Å². The molecule has 0 amide bonds. The van der Waals surface area contributed by atoms with Crippen molar-refractivity contribution < 1.29 is 0 Å². The van der Waals surface area contributed by atoms with Gasteiger partial charge in [0.2, 0.25) is 5.28 Å². The van der Waals surface area contributed by atoms with Crippen LogP contribution in [0.15, 0.2) is 36.4 Å². The summed E-state index contributed by atoms with van der Waals surface area (Å²) >= 11 is 11.7. The zero-order valence-corrected chi connectivity index (χ0v) is 13.0. The van der Waals surface area contributed by atoms with Crippen LogP contribution in [0.2, 0.25) is 10.4 Å². The molecule has 0 saturated carbocycles. The van der Waals surface area contributed by atoms with Crippen LogP contribution in [0, 0.1) is 0 Å². The van der Waals surface area contributed by atoms with Crippen molar-refractivity contribution in [2.24, 2.45) is 0 Å². The van der Waals surface area contributed by atoms with Gasteiger partial charge in [0.1, 0.15) is 11.0 Å². The second-order valence-electron chi connectivity index (χ2n) is 5.20. The number of nitrogens with zero attached hydrogens (tertiary/aromatic N) is 3. The number of rotatable bonds is 4. The molecule has 2 heterocycles. The summed E-state index contributed by atoms with van der Waals surface area (Å²) in [5.41, 5.74) is 1.34. The number of hydrogen-bond acceptors (Lipinski definition) is 4. The Bertz CT molecular complexity index is 586. The molecular formula is C15H16Cl2N4. The van der Waals surface area contributed by atoms with Crippen LogP contribution in [0.3, 0.4) is 0 Å². The van der Waals surface area contributed by atoms with Crippen molar-refractivity contribution in [1.29, 1.82) is 0 Å². The van der Waals surface area contributed by atoms with Crippen LogP contribution in [-0.4, -0.2) is 34.0 Å². The Morgan fingerprint density at radius 3 is 2.76 bits per heavy atom. The normalized spacial score (nSPS) is 18.9. The van der Waals surface area contributed by atoms with Gasteiger partial charge in [0.25, 0.3) is 0 Å². The van der Waals surface area contributed by atoms with Crippen LogP contribution in [0.5, 0.6) is 0 Å². The number of benzene rings is 1. The molecule has 1 aromatic heterocycles. The van der Waals surface area contributed by atoms with Gasteiger partial charge in [-0.3, -0.25) is 4.90 Å². The largest absolute Gasteiger partial charge is 0.366 e. The second-order valence-corrected chi connectivity index (χ2v) is 5.92. The van der Waals surface area contributed by atoms with Crippen molar-refractivity contribution in [3.63, 3.8) is 0 Å². The Kier molecular flexibility index (Phi) is 4.58. The fourth-order valence-corrected chi connectivity index (χ4v) is 3.02. The van der Waals surface area contributed by atoms with Gasteiger partial charge in [-0.25, -0.2) is 9.97 Å². The minimum atomic E-state index is 0.170. The summed E-state index contributed by atoms with van der Waals surface area (Å²) in [5.74, 6) is 0.687. The molecule has 3 rings (SSSR count). The average molecular weight is 323 g/mol. The van der Waals surface area contributed by atoms with E-state index in [-0.39, 0.29) is 5.28 Å². The zero-order valence-electron chi connectivity index (χ0n) is 11.5. The van der Waals surface area contributed by atoms with Gasteiger partial charge < -0.3 is 5.32 Å². The number of nitrogens with one attached hydrogen (secondary N) is 1. The van der Waals surface area contributed by atoms with Crippen molar-refractivity contribution >= 4 is 29.0 Å². The third kappa shape index (κ3) is 4.06.